The summed E-state index contributed by atoms with van der Waals surface area (Å²) in [7, 11) is 4.77. The van der Waals surface area contributed by atoms with Crippen LogP contribution >= 0.6 is 0 Å². The van der Waals surface area contributed by atoms with Crippen molar-refractivity contribution in [2.24, 2.45) is 0 Å². The minimum absolute atomic E-state index is 0.188. The molecule has 0 saturated carbocycles. The first kappa shape index (κ1) is 17.9. The summed E-state index contributed by atoms with van der Waals surface area (Å²) in [5, 5.41) is 1.67. The van der Waals surface area contributed by atoms with Gasteiger partial charge in [0.2, 0.25) is 0 Å². The summed E-state index contributed by atoms with van der Waals surface area (Å²) in [5.41, 5.74) is 3.09. The van der Waals surface area contributed by atoms with E-state index in [2.05, 4.69) is 0 Å². The van der Waals surface area contributed by atoms with Gasteiger partial charge in [-0.1, -0.05) is 42.5 Å². The Labute approximate surface area is 163 Å². The molecule has 1 aliphatic heterocycles. The van der Waals surface area contributed by atoms with Gasteiger partial charge in [0, 0.05) is 10.9 Å². The number of cyclic esters (lactones) is 1. The number of benzene rings is 3. The highest BCUT2D eigenvalue weighted by molar-refractivity contribution is 6.10. The summed E-state index contributed by atoms with van der Waals surface area (Å²) in [6.07, 6.45) is 3.91. The number of hydrogen-bond donors (Lipinski definition) is 0. The summed E-state index contributed by atoms with van der Waals surface area (Å²) in [5.74, 6) is 1.44. The molecule has 0 fully saturated rings. The lowest BCUT2D eigenvalue weighted by atomic mass is 9.93. The molecular weight excluding hydrogens is 356 g/mol. The predicted octanol–water partition coefficient (Wildman–Crippen LogP) is 4.71. The van der Waals surface area contributed by atoms with Crippen LogP contribution in [0.4, 0.5) is 0 Å². The fourth-order valence-corrected chi connectivity index (χ4v) is 3.59. The average molecular weight is 376 g/mol. The summed E-state index contributed by atoms with van der Waals surface area (Å²) in [6, 6.07) is 13.7. The van der Waals surface area contributed by atoms with Crippen molar-refractivity contribution in [3.05, 3.63) is 64.7 Å². The highest BCUT2D eigenvalue weighted by atomic mass is 16.5. The van der Waals surface area contributed by atoms with E-state index < -0.39 is 0 Å². The smallest absolute Gasteiger partial charge is 0.339 e. The molecule has 3 aromatic rings. The quantitative estimate of drug-likeness (QED) is 0.477. The molecule has 4 rings (SSSR count). The zero-order valence-corrected chi connectivity index (χ0v) is 15.9. The van der Waals surface area contributed by atoms with Crippen LogP contribution in [0.2, 0.25) is 0 Å². The first-order valence-electron chi connectivity index (χ1n) is 8.86. The van der Waals surface area contributed by atoms with Crippen LogP contribution in [0.3, 0.4) is 0 Å². The van der Waals surface area contributed by atoms with Crippen LogP contribution in [0, 0.1) is 0 Å². The molecule has 1 aliphatic rings. The van der Waals surface area contributed by atoms with Crippen LogP contribution in [0.1, 0.15) is 27.0 Å². The fraction of sp³-hybridized carbons (Fsp3) is 0.174. The maximum absolute atomic E-state index is 12.5. The SMILES string of the molecule is COc1cc2c(/C=C/c3ccccc3)c3c(c(OC)c2cc1OC)COC3=O. The molecule has 1 heterocycles. The third-order valence-corrected chi connectivity index (χ3v) is 4.90. The van der Waals surface area contributed by atoms with E-state index in [1.165, 1.54) is 0 Å². The van der Waals surface area contributed by atoms with E-state index >= 15 is 0 Å². The van der Waals surface area contributed by atoms with Gasteiger partial charge in [-0.3, -0.25) is 0 Å². The summed E-state index contributed by atoms with van der Waals surface area (Å²) in [6.45, 7) is 0.188. The Morgan fingerprint density at radius 2 is 1.57 bits per heavy atom. The minimum atomic E-state index is -0.349. The number of hydrogen-bond acceptors (Lipinski definition) is 5. The number of fused-ring (bicyclic) bond motifs is 2. The van der Waals surface area contributed by atoms with Crippen molar-refractivity contribution in [2.75, 3.05) is 21.3 Å². The first-order valence-corrected chi connectivity index (χ1v) is 8.86. The summed E-state index contributed by atoms with van der Waals surface area (Å²) >= 11 is 0. The van der Waals surface area contributed by atoms with Crippen molar-refractivity contribution in [1.29, 1.82) is 0 Å². The Morgan fingerprint density at radius 1 is 0.893 bits per heavy atom. The number of carbonyl (C=O) groups is 1. The Bertz CT molecular complexity index is 1080. The lowest BCUT2D eigenvalue weighted by molar-refractivity contribution is 0.0534. The molecule has 0 radical (unpaired) electrons. The first-order chi connectivity index (χ1) is 13.7. The van der Waals surface area contributed by atoms with Gasteiger partial charge in [0.25, 0.3) is 0 Å². The highest BCUT2D eigenvalue weighted by Crippen LogP contribution is 2.44. The van der Waals surface area contributed by atoms with Crippen molar-refractivity contribution < 1.29 is 23.7 Å². The lowest BCUT2D eigenvalue weighted by Crippen LogP contribution is -2.02. The summed E-state index contributed by atoms with van der Waals surface area (Å²) < 4.78 is 21.9. The normalized spacial score (nSPS) is 12.9. The standard InChI is InChI=1S/C23H20O5/c1-25-19-11-16-15(10-9-14-7-5-4-6-8-14)21-18(13-28-23(21)24)22(27-3)17(16)12-20(19)26-2/h4-12H,13H2,1-3H3/b10-9+. The molecule has 0 amide bonds. The van der Waals surface area contributed by atoms with Gasteiger partial charge >= 0.3 is 5.97 Å². The third kappa shape index (κ3) is 2.85. The molecule has 0 saturated heterocycles. The van der Waals surface area contributed by atoms with Crippen molar-refractivity contribution in [2.45, 2.75) is 6.61 Å². The van der Waals surface area contributed by atoms with Crippen molar-refractivity contribution in [1.82, 2.24) is 0 Å². The molecular formula is C23H20O5. The monoisotopic (exact) mass is 376 g/mol. The molecule has 0 spiro atoms. The van der Waals surface area contributed by atoms with Gasteiger partial charge in [-0.2, -0.15) is 0 Å². The van der Waals surface area contributed by atoms with Crippen LogP contribution in [0.15, 0.2) is 42.5 Å². The predicted molar refractivity (Wildman–Crippen MR) is 108 cm³/mol. The zero-order chi connectivity index (χ0) is 19.7. The third-order valence-electron chi connectivity index (χ3n) is 4.90. The van der Waals surface area contributed by atoms with E-state index in [-0.39, 0.29) is 12.6 Å². The highest BCUT2D eigenvalue weighted by Gasteiger charge is 2.31. The van der Waals surface area contributed by atoms with Crippen molar-refractivity contribution >= 4 is 28.9 Å². The molecule has 5 heteroatoms. The Hall–Kier alpha value is -3.47. The minimum Gasteiger partial charge on any atom is -0.496 e. The molecule has 5 nitrogen and oxygen atoms in total. The van der Waals surface area contributed by atoms with E-state index in [4.69, 9.17) is 18.9 Å². The number of carbonyl (C=O) groups excluding carboxylic acids is 1. The fourth-order valence-electron chi connectivity index (χ4n) is 3.59. The van der Waals surface area contributed by atoms with Gasteiger partial charge in [0.15, 0.2) is 11.5 Å². The molecule has 0 aromatic heterocycles. The van der Waals surface area contributed by atoms with Crippen molar-refractivity contribution in [3.8, 4) is 17.2 Å². The number of rotatable bonds is 5. The van der Waals surface area contributed by atoms with E-state index in [1.807, 2.05) is 54.6 Å². The second-order valence-electron chi connectivity index (χ2n) is 6.37. The second kappa shape index (κ2) is 7.27. The van der Waals surface area contributed by atoms with E-state index in [0.29, 0.717) is 22.8 Å². The average Bonchev–Trinajstić information content (AvgIpc) is 3.12. The van der Waals surface area contributed by atoms with Gasteiger partial charge in [-0.25, -0.2) is 4.79 Å². The van der Waals surface area contributed by atoms with Gasteiger partial charge < -0.3 is 18.9 Å². The molecule has 0 N–H and O–H groups in total. The maximum atomic E-state index is 12.5. The lowest BCUT2D eigenvalue weighted by Gasteiger charge is -2.16. The van der Waals surface area contributed by atoms with Gasteiger partial charge in [-0.15, -0.1) is 0 Å². The van der Waals surface area contributed by atoms with E-state index in [1.54, 1.807) is 21.3 Å². The van der Waals surface area contributed by atoms with Crippen molar-refractivity contribution in [3.63, 3.8) is 0 Å². The van der Waals surface area contributed by atoms with Gasteiger partial charge in [0.05, 0.1) is 26.9 Å². The van der Waals surface area contributed by atoms with Crippen LogP contribution < -0.4 is 14.2 Å². The molecule has 0 aliphatic carbocycles. The molecule has 0 unspecified atom stereocenters. The number of methoxy groups -OCH3 is 3. The molecule has 3 aromatic carbocycles. The molecule has 28 heavy (non-hydrogen) atoms. The number of ether oxygens (including phenoxy) is 4. The molecule has 142 valence electrons. The second-order valence-corrected chi connectivity index (χ2v) is 6.37. The van der Waals surface area contributed by atoms with Crippen LogP contribution in [-0.2, 0) is 11.3 Å². The van der Waals surface area contributed by atoms with E-state index in [0.717, 1.165) is 27.5 Å². The van der Waals surface area contributed by atoms with Crippen LogP contribution in [-0.4, -0.2) is 27.3 Å². The topological polar surface area (TPSA) is 54.0 Å². The Kier molecular flexibility index (Phi) is 4.65. The summed E-state index contributed by atoms with van der Waals surface area (Å²) in [4.78, 5) is 12.5. The largest absolute Gasteiger partial charge is 0.496 e. The zero-order valence-electron chi connectivity index (χ0n) is 15.9. The van der Waals surface area contributed by atoms with Gasteiger partial charge in [-0.05, 0) is 28.6 Å². The number of esters is 1. The van der Waals surface area contributed by atoms with Gasteiger partial charge in [0.1, 0.15) is 12.4 Å². The molecule has 0 bridgehead atoms. The maximum Gasteiger partial charge on any atom is 0.339 e. The Balaban J connectivity index is 2.05. The van der Waals surface area contributed by atoms with Crippen LogP contribution in [0.5, 0.6) is 17.2 Å². The van der Waals surface area contributed by atoms with E-state index in [9.17, 15) is 4.79 Å². The molecule has 0 atom stereocenters. The van der Waals surface area contributed by atoms with Crippen LogP contribution in [0.25, 0.3) is 22.9 Å². The Morgan fingerprint density at radius 3 is 2.21 bits per heavy atom.